The molecule has 1 aliphatic carbocycles. The minimum absolute atomic E-state index is 0.0475. The van der Waals surface area contributed by atoms with Crippen LogP contribution < -0.4 is 10.1 Å². The van der Waals surface area contributed by atoms with Gasteiger partial charge in [0.2, 0.25) is 5.91 Å². The normalized spacial score (nSPS) is 15.9. The number of amides is 1. The maximum absolute atomic E-state index is 12.2. The number of aromatic nitrogens is 1. The number of ether oxygens (including phenoxy) is 1. The van der Waals surface area contributed by atoms with Gasteiger partial charge in [0.15, 0.2) is 0 Å². The molecule has 5 nitrogen and oxygen atoms in total. The van der Waals surface area contributed by atoms with Crippen molar-refractivity contribution in [3.63, 3.8) is 0 Å². The van der Waals surface area contributed by atoms with Gasteiger partial charge in [-0.05, 0) is 37.1 Å². The first-order chi connectivity index (χ1) is 12.1. The van der Waals surface area contributed by atoms with Crippen LogP contribution in [0.2, 0.25) is 0 Å². The Kier molecular flexibility index (Phi) is 6.20. The Bertz CT molecular complexity index is 737. The van der Waals surface area contributed by atoms with Crippen molar-refractivity contribution in [1.29, 1.82) is 0 Å². The summed E-state index contributed by atoms with van der Waals surface area (Å²) in [6.45, 7) is 0. The van der Waals surface area contributed by atoms with Crippen molar-refractivity contribution in [2.45, 2.75) is 37.5 Å². The van der Waals surface area contributed by atoms with Gasteiger partial charge < -0.3 is 10.1 Å². The number of hydrogen-bond acceptors (Lipinski definition) is 5. The molecule has 0 spiro atoms. The summed E-state index contributed by atoms with van der Waals surface area (Å²) >= 11 is 1.52. The van der Waals surface area contributed by atoms with Crippen LogP contribution in [0.4, 0.5) is 0 Å². The summed E-state index contributed by atoms with van der Waals surface area (Å²) in [5, 5.41) is 5.76. The fourth-order valence-electron chi connectivity index (χ4n) is 2.94. The minimum atomic E-state index is -1.24. The van der Waals surface area contributed by atoms with Crippen LogP contribution >= 0.6 is 11.3 Å². The SMILES string of the molecule is COc1ccc(-c2nc(C[S@](=O)CC(=O)NC3CCCC3)cs2)cc1. The van der Waals surface area contributed by atoms with Gasteiger partial charge in [0.1, 0.15) is 16.5 Å². The van der Waals surface area contributed by atoms with Crippen molar-refractivity contribution in [1.82, 2.24) is 10.3 Å². The molecule has 1 atom stereocenters. The van der Waals surface area contributed by atoms with E-state index in [1.165, 1.54) is 24.2 Å². The molecule has 0 aliphatic heterocycles. The number of hydrogen-bond donors (Lipinski definition) is 1. The van der Waals surface area contributed by atoms with Crippen molar-refractivity contribution in [2.75, 3.05) is 12.9 Å². The van der Waals surface area contributed by atoms with Crippen LogP contribution in [-0.4, -0.2) is 34.0 Å². The number of carbonyl (C=O) groups excluding carboxylic acids is 1. The molecule has 134 valence electrons. The number of nitrogens with zero attached hydrogens (tertiary/aromatic N) is 1. The zero-order valence-corrected chi connectivity index (χ0v) is 15.8. The summed E-state index contributed by atoms with van der Waals surface area (Å²) in [6.07, 6.45) is 4.41. The largest absolute Gasteiger partial charge is 0.497 e. The molecular formula is C18H22N2O3S2. The maximum atomic E-state index is 12.2. The Labute approximate surface area is 154 Å². The van der Waals surface area contributed by atoms with E-state index in [1.54, 1.807) is 7.11 Å². The summed E-state index contributed by atoms with van der Waals surface area (Å²) in [7, 11) is 0.397. The predicted molar refractivity (Wildman–Crippen MR) is 101 cm³/mol. The molecule has 1 N–H and O–H groups in total. The number of carbonyl (C=O) groups is 1. The second-order valence-corrected chi connectivity index (χ2v) is 8.46. The van der Waals surface area contributed by atoms with Crippen LogP contribution in [0.25, 0.3) is 10.6 Å². The second-order valence-electron chi connectivity index (χ2n) is 6.15. The Balaban J connectivity index is 1.53. The predicted octanol–water partition coefficient (Wildman–Crippen LogP) is 3.13. The average Bonchev–Trinajstić information content (AvgIpc) is 3.26. The maximum Gasteiger partial charge on any atom is 0.232 e. The molecule has 0 unspecified atom stereocenters. The number of benzene rings is 1. The number of methoxy groups -OCH3 is 1. The van der Waals surface area contributed by atoms with Crippen molar-refractivity contribution < 1.29 is 13.7 Å². The quantitative estimate of drug-likeness (QED) is 0.804. The number of nitrogens with one attached hydrogen (secondary N) is 1. The van der Waals surface area contributed by atoms with E-state index in [-0.39, 0.29) is 17.7 Å². The zero-order chi connectivity index (χ0) is 17.6. The van der Waals surface area contributed by atoms with Gasteiger partial charge in [0.05, 0.1) is 18.6 Å². The van der Waals surface area contributed by atoms with E-state index in [4.69, 9.17) is 4.74 Å². The highest BCUT2D eigenvalue weighted by atomic mass is 32.2. The Morgan fingerprint density at radius 2 is 2.04 bits per heavy atom. The van der Waals surface area contributed by atoms with E-state index >= 15 is 0 Å². The lowest BCUT2D eigenvalue weighted by molar-refractivity contribution is -0.119. The highest BCUT2D eigenvalue weighted by Gasteiger charge is 2.18. The molecule has 2 aromatic rings. The molecule has 25 heavy (non-hydrogen) atoms. The molecular weight excluding hydrogens is 356 g/mol. The van der Waals surface area contributed by atoms with Gasteiger partial charge in [-0.1, -0.05) is 12.8 Å². The minimum Gasteiger partial charge on any atom is -0.497 e. The molecule has 1 heterocycles. The average molecular weight is 379 g/mol. The molecule has 0 saturated heterocycles. The van der Waals surface area contributed by atoms with Crippen LogP contribution in [0.3, 0.4) is 0 Å². The van der Waals surface area contributed by atoms with E-state index < -0.39 is 10.8 Å². The van der Waals surface area contributed by atoms with Crippen LogP contribution in [0.1, 0.15) is 31.4 Å². The summed E-state index contributed by atoms with van der Waals surface area (Å²) in [6, 6.07) is 7.95. The van der Waals surface area contributed by atoms with Gasteiger partial charge in [-0.25, -0.2) is 4.98 Å². The van der Waals surface area contributed by atoms with E-state index in [0.29, 0.717) is 5.75 Å². The molecule has 0 radical (unpaired) electrons. The second kappa shape index (κ2) is 8.58. The topological polar surface area (TPSA) is 68.3 Å². The Morgan fingerprint density at radius 1 is 1.32 bits per heavy atom. The highest BCUT2D eigenvalue weighted by molar-refractivity contribution is 7.84. The van der Waals surface area contributed by atoms with E-state index in [1.807, 2.05) is 29.6 Å². The Morgan fingerprint density at radius 3 is 2.72 bits per heavy atom. The lowest BCUT2D eigenvalue weighted by Crippen LogP contribution is -2.35. The lowest BCUT2D eigenvalue weighted by atomic mass is 10.2. The molecule has 1 aliphatic rings. The summed E-state index contributed by atoms with van der Waals surface area (Å²) in [5.41, 5.74) is 1.77. The highest BCUT2D eigenvalue weighted by Crippen LogP contribution is 2.26. The number of thiazole rings is 1. The van der Waals surface area contributed by atoms with Gasteiger partial charge >= 0.3 is 0 Å². The van der Waals surface area contributed by atoms with Gasteiger partial charge in [-0.15, -0.1) is 11.3 Å². The van der Waals surface area contributed by atoms with Crippen molar-refractivity contribution in [3.05, 3.63) is 35.3 Å². The van der Waals surface area contributed by atoms with Crippen LogP contribution in [0.15, 0.2) is 29.6 Å². The molecule has 7 heteroatoms. The third kappa shape index (κ3) is 5.12. The zero-order valence-electron chi connectivity index (χ0n) is 14.2. The molecule has 3 rings (SSSR count). The summed E-state index contributed by atoms with van der Waals surface area (Å²) in [4.78, 5) is 16.5. The van der Waals surface area contributed by atoms with Crippen LogP contribution in [-0.2, 0) is 21.3 Å². The van der Waals surface area contributed by atoms with Crippen LogP contribution in [0, 0.1) is 0 Å². The summed E-state index contributed by atoms with van der Waals surface area (Å²) < 4.78 is 17.4. The molecule has 0 bridgehead atoms. The molecule has 1 amide bonds. The van der Waals surface area contributed by atoms with Gasteiger partial charge in [0, 0.05) is 27.8 Å². The fourth-order valence-corrected chi connectivity index (χ4v) is 4.83. The smallest absolute Gasteiger partial charge is 0.232 e. The lowest BCUT2D eigenvalue weighted by Gasteiger charge is -2.11. The molecule has 1 aromatic carbocycles. The first-order valence-electron chi connectivity index (χ1n) is 8.37. The third-order valence-electron chi connectivity index (χ3n) is 4.21. The van der Waals surface area contributed by atoms with Gasteiger partial charge in [-0.3, -0.25) is 9.00 Å². The van der Waals surface area contributed by atoms with Gasteiger partial charge in [-0.2, -0.15) is 0 Å². The van der Waals surface area contributed by atoms with Gasteiger partial charge in [0.25, 0.3) is 0 Å². The van der Waals surface area contributed by atoms with E-state index in [0.717, 1.165) is 34.9 Å². The van der Waals surface area contributed by atoms with Crippen molar-refractivity contribution in [3.8, 4) is 16.3 Å². The monoisotopic (exact) mass is 378 g/mol. The van der Waals surface area contributed by atoms with Crippen LogP contribution in [0.5, 0.6) is 5.75 Å². The third-order valence-corrected chi connectivity index (χ3v) is 6.35. The molecule has 1 aromatic heterocycles. The molecule has 1 saturated carbocycles. The first-order valence-corrected chi connectivity index (χ1v) is 10.7. The first kappa shape index (κ1) is 18.1. The van der Waals surface area contributed by atoms with Crippen molar-refractivity contribution >= 4 is 28.0 Å². The van der Waals surface area contributed by atoms with Crippen molar-refractivity contribution in [2.24, 2.45) is 0 Å². The Hall–Kier alpha value is -1.73. The number of rotatable bonds is 7. The standard InChI is InChI=1S/C18H22N2O3S2/c1-23-16-8-6-13(7-9-16)18-20-15(10-24-18)11-25(22)12-17(21)19-14-4-2-3-5-14/h6-10,14H,2-5,11-12H2,1H3,(H,19,21)/t25-/m0/s1. The molecule has 1 fully saturated rings. The summed E-state index contributed by atoms with van der Waals surface area (Å²) in [5.74, 6) is 1.04. The van der Waals surface area contributed by atoms with E-state index in [9.17, 15) is 9.00 Å². The fraction of sp³-hybridized carbons (Fsp3) is 0.444. The van der Waals surface area contributed by atoms with E-state index in [2.05, 4.69) is 10.3 Å².